The first kappa shape index (κ1) is 16.0. The third kappa shape index (κ3) is 4.31. The van der Waals surface area contributed by atoms with E-state index in [1.807, 2.05) is 0 Å². The molecule has 0 saturated carbocycles. The van der Waals surface area contributed by atoms with Gasteiger partial charge < -0.3 is 15.2 Å². The zero-order valence-corrected chi connectivity index (χ0v) is 14.4. The molecule has 2 N–H and O–H groups in total. The molecule has 0 amide bonds. The molecule has 0 atom stereocenters. The molecule has 1 aliphatic rings. The number of thiophene rings is 1. The van der Waals surface area contributed by atoms with E-state index in [0.717, 1.165) is 50.1 Å². The Morgan fingerprint density at radius 2 is 2.26 bits per heavy atom. The summed E-state index contributed by atoms with van der Waals surface area (Å²) in [5.41, 5.74) is 1.28. The van der Waals surface area contributed by atoms with E-state index in [1.165, 1.54) is 24.8 Å². The van der Waals surface area contributed by atoms with Crippen molar-refractivity contribution in [3.05, 3.63) is 34.0 Å². The molecule has 0 saturated heterocycles. The van der Waals surface area contributed by atoms with Crippen LogP contribution in [0.4, 0.5) is 0 Å². The Morgan fingerprint density at radius 1 is 1.30 bits per heavy atom. The molecule has 0 aliphatic carbocycles. The fourth-order valence-electron chi connectivity index (χ4n) is 2.82. The van der Waals surface area contributed by atoms with Crippen molar-refractivity contribution >= 4 is 17.3 Å². The molecule has 0 bridgehead atoms. The first-order valence-electron chi connectivity index (χ1n) is 8.23. The van der Waals surface area contributed by atoms with Crippen LogP contribution in [0.3, 0.4) is 0 Å². The van der Waals surface area contributed by atoms with Crippen molar-refractivity contribution in [2.24, 2.45) is 4.99 Å². The molecule has 0 radical (unpaired) electrons. The Morgan fingerprint density at radius 3 is 3.09 bits per heavy atom. The number of nitrogens with one attached hydrogen (secondary N) is 2. The maximum atomic E-state index is 4.36. The standard InChI is InChI=1S/C16H24N6S/c1-17-16(19-11-13-7-10-23-12-13)18-8-6-15-21-20-14-5-3-2-4-9-22(14)15/h7,10,12H,2-6,8-9,11H2,1H3,(H2,17,18,19). The van der Waals surface area contributed by atoms with Crippen molar-refractivity contribution in [2.45, 2.75) is 45.2 Å². The minimum atomic E-state index is 0.795. The molecule has 0 aromatic carbocycles. The minimum absolute atomic E-state index is 0.795. The van der Waals surface area contributed by atoms with Crippen LogP contribution in [0.2, 0.25) is 0 Å². The summed E-state index contributed by atoms with van der Waals surface area (Å²) in [7, 11) is 1.80. The summed E-state index contributed by atoms with van der Waals surface area (Å²) in [5, 5.41) is 19.6. The van der Waals surface area contributed by atoms with Gasteiger partial charge in [-0.3, -0.25) is 4.99 Å². The number of aryl methyl sites for hydroxylation is 1. The van der Waals surface area contributed by atoms with Gasteiger partial charge in [-0.05, 0) is 35.2 Å². The van der Waals surface area contributed by atoms with Crippen LogP contribution in [0.5, 0.6) is 0 Å². The smallest absolute Gasteiger partial charge is 0.191 e. The van der Waals surface area contributed by atoms with Gasteiger partial charge in [0.2, 0.25) is 0 Å². The number of fused-ring (bicyclic) bond motifs is 1. The maximum Gasteiger partial charge on any atom is 0.191 e. The topological polar surface area (TPSA) is 67.1 Å². The van der Waals surface area contributed by atoms with E-state index in [9.17, 15) is 0 Å². The van der Waals surface area contributed by atoms with Gasteiger partial charge in [-0.15, -0.1) is 10.2 Å². The highest BCUT2D eigenvalue weighted by atomic mass is 32.1. The summed E-state index contributed by atoms with van der Waals surface area (Å²) in [4.78, 5) is 4.26. The van der Waals surface area contributed by atoms with E-state index >= 15 is 0 Å². The Kier molecular flexibility index (Phi) is 5.63. The van der Waals surface area contributed by atoms with E-state index in [1.54, 1.807) is 18.4 Å². The van der Waals surface area contributed by atoms with Crippen molar-refractivity contribution in [2.75, 3.05) is 13.6 Å². The summed E-state index contributed by atoms with van der Waals surface area (Å²) in [6.07, 6.45) is 5.68. The summed E-state index contributed by atoms with van der Waals surface area (Å²) in [5.74, 6) is 3.06. The number of aromatic nitrogens is 3. The van der Waals surface area contributed by atoms with E-state index < -0.39 is 0 Å². The van der Waals surface area contributed by atoms with Crippen LogP contribution in [0.25, 0.3) is 0 Å². The van der Waals surface area contributed by atoms with Crippen LogP contribution < -0.4 is 10.6 Å². The van der Waals surface area contributed by atoms with Gasteiger partial charge in [-0.1, -0.05) is 6.42 Å². The second-order valence-electron chi connectivity index (χ2n) is 5.73. The lowest BCUT2D eigenvalue weighted by atomic mass is 10.2. The fourth-order valence-corrected chi connectivity index (χ4v) is 3.49. The number of aliphatic imine (C=N–C) groups is 1. The van der Waals surface area contributed by atoms with Crippen molar-refractivity contribution in [3.8, 4) is 0 Å². The van der Waals surface area contributed by atoms with Crippen molar-refractivity contribution in [3.63, 3.8) is 0 Å². The quantitative estimate of drug-likeness (QED) is 0.649. The van der Waals surface area contributed by atoms with Crippen molar-refractivity contribution in [1.82, 2.24) is 25.4 Å². The average Bonchev–Trinajstić information content (AvgIpc) is 3.16. The average molecular weight is 332 g/mol. The Balaban J connectivity index is 1.47. The first-order chi connectivity index (χ1) is 11.4. The molecule has 1 aliphatic heterocycles. The van der Waals surface area contributed by atoms with Gasteiger partial charge in [-0.2, -0.15) is 11.3 Å². The van der Waals surface area contributed by atoms with Gasteiger partial charge in [0.1, 0.15) is 11.6 Å². The van der Waals surface area contributed by atoms with E-state index in [2.05, 4.69) is 47.2 Å². The Hall–Kier alpha value is -1.89. The van der Waals surface area contributed by atoms with E-state index in [4.69, 9.17) is 0 Å². The van der Waals surface area contributed by atoms with Crippen LogP contribution in [0, 0.1) is 0 Å². The van der Waals surface area contributed by atoms with Gasteiger partial charge >= 0.3 is 0 Å². The third-order valence-electron chi connectivity index (χ3n) is 4.09. The SMILES string of the molecule is CN=C(NCCc1nnc2n1CCCCC2)NCc1ccsc1. The summed E-state index contributed by atoms with van der Waals surface area (Å²) in [6, 6.07) is 2.12. The monoisotopic (exact) mass is 332 g/mol. The zero-order valence-electron chi connectivity index (χ0n) is 13.6. The second-order valence-corrected chi connectivity index (χ2v) is 6.51. The van der Waals surface area contributed by atoms with Gasteiger partial charge in [0.05, 0.1) is 0 Å². The highest BCUT2D eigenvalue weighted by Gasteiger charge is 2.14. The highest BCUT2D eigenvalue weighted by molar-refractivity contribution is 7.07. The molecule has 2 aromatic rings. The zero-order chi connectivity index (χ0) is 15.9. The summed E-state index contributed by atoms with van der Waals surface area (Å²) in [6.45, 7) is 2.66. The molecule has 0 fully saturated rings. The van der Waals surface area contributed by atoms with Gasteiger partial charge in [0.25, 0.3) is 0 Å². The molecule has 0 spiro atoms. The third-order valence-corrected chi connectivity index (χ3v) is 4.82. The molecule has 124 valence electrons. The number of nitrogens with zero attached hydrogens (tertiary/aromatic N) is 4. The molecular formula is C16H24N6S. The van der Waals surface area contributed by atoms with Crippen LogP contribution in [-0.4, -0.2) is 34.3 Å². The molecule has 23 heavy (non-hydrogen) atoms. The van der Waals surface area contributed by atoms with Crippen LogP contribution in [0.15, 0.2) is 21.8 Å². The van der Waals surface area contributed by atoms with Crippen LogP contribution in [-0.2, 0) is 25.9 Å². The Bertz CT molecular complexity index is 631. The van der Waals surface area contributed by atoms with E-state index in [0.29, 0.717) is 0 Å². The fraction of sp³-hybridized carbons (Fsp3) is 0.562. The number of hydrogen-bond acceptors (Lipinski definition) is 4. The predicted octanol–water partition coefficient (Wildman–Crippen LogP) is 1.97. The molecule has 3 rings (SSSR count). The molecule has 3 heterocycles. The largest absolute Gasteiger partial charge is 0.356 e. The van der Waals surface area contributed by atoms with Gasteiger partial charge in [0, 0.05) is 39.5 Å². The van der Waals surface area contributed by atoms with Gasteiger partial charge in [0.15, 0.2) is 5.96 Å². The second kappa shape index (κ2) is 8.10. The normalized spacial score (nSPS) is 15.1. The lowest BCUT2D eigenvalue weighted by Crippen LogP contribution is -2.38. The summed E-state index contributed by atoms with van der Waals surface area (Å²) < 4.78 is 2.30. The minimum Gasteiger partial charge on any atom is -0.356 e. The lowest BCUT2D eigenvalue weighted by molar-refractivity contribution is 0.600. The lowest BCUT2D eigenvalue weighted by Gasteiger charge is -2.12. The highest BCUT2D eigenvalue weighted by Crippen LogP contribution is 2.14. The number of guanidine groups is 1. The van der Waals surface area contributed by atoms with Crippen molar-refractivity contribution < 1.29 is 0 Å². The molecule has 6 nitrogen and oxygen atoms in total. The number of hydrogen-bond donors (Lipinski definition) is 2. The molecule has 0 unspecified atom stereocenters. The first-order valence-corrected chi connectivity index (χ1v) is 9.17. The van der Waals surface area contributed by atoms with E-state index in [-0.39, 0.29) is 0 Å². The molecular weight excluding hydrogens is 308 g/mol. The van der Waals surface area contributed by atoms with Crippen LogP contribution in [0.1, 0.15) is 36.5 Å². The van der Waals surface area contributed by atoms with Gasteiger partial charge in [-0.25, -0.2) is 0 Å². The number of rotatable bonds is 5. The molecule has 7 heteroatoms. The maximum absolute atomic E-state index is 4.36. The predicted molar refractivity (Wildman–Crippen MR) is 93.8 cm³/mol. The molecule has 2 aromatic heterocycles. The van der Waals surface area contributed by atoms with Crippen LogP contribution >= 0.6 is 11.3 Å². The summed E-state index contributed by atoms with van der Waals surface area (Å²) >= 11 is 1.71. The van der Waals surface area contributed by atoms with Crippen molar-refractivity contribution in [1.29, 1.82) is 0 Å². The Labute approximate surface area is 141 Å².